The highest BCUT2D eigenvalue weighted by atomic mass is 79.9. The van der Waals surface area contributed by atoms with E-state index >= 15 is 0 Å². The molecular formula is C13H9BrN4O5. The normalized spacial score (nSPS) is 23.0. The summed E-state index contributed by atoms with van der Waals surface area (Å²) < 4.78 is 5.22. The number of esters is 1. The first-order valence-corrected chi connectivity index (χ1v) is 7.21. The zero-order chi connectivity index (χ0) is 16.7. The summed E-state index contributed by atoms with van der Waals surface area (Å²) in [5, 5.41) is 6.77. The molecule has 23 heavy (non-hydrogen) atoms. The topological polar surface area (TPSA) is 109 Å². The third-order valence-electron chi connectivity index (χ3n) is 3.57. The fourth-order valence-electron chi connectivity index (χ4n) is 2.60. The Bertz CT molecular complexity index is 764. The fraction of sp³-hybridized carbons (Fsp3) is 0.231. The van der Waals surface area contributed by atoms with Gasteiger partial charge in [0.1, 0.15) is 5.92 Å². The predicted octanol–water partition coefficient (Wildman–Crippen LogP) is 0.833. The van der Waals surface area contributed by atoms with Gasteiger partial charge >= 0.3 is 5.97 Å². The van der Waals surface area contributed by atoms with Crippen LogP contribution in [0.5, 0.6) is 0 Å². The summed E-state index contributed by atoms with van der Waals surface area (Å²) in [7, 11) is 1.12. The highest BCUT2D eigenvalue weighted by molar-refractivity contribution is 9.10. The van der Waals surface area contributed by atoms with Crippen LogP contribution in [0, 0.1) is 10.8 Å². The Balaban J connectivity index is 2.05. The molecule has 2 atom stereocenters. The fourth-order valence-corrected chi connectivity index (χ4v) is 2.99. The zero-order valence-electron chi connectivity index (χ0n) is 11.7. The van der Waals surface area contributed by atoms with Gasteiger partial charge in [0.2, 0.25) is 5.91 Å². The van der Waals surface area contributed by atoms with Gasteiger partial charge in [-0.3, -0.25) is 9.59 Å². The summed E-state index contributed by atoms with van der Waals surface area (Å²) in [5.74, 6) is -3.44. The number of benzene rings is 1. The van der Waals surface area contributed by atoms with E-state index in [1.807, 2.05) is 0 Å². The number of carbonyl (C=O) groups is 3. The van der Waals surface area contributed by atoms with Crippen molar-refractivity contribution < 1.29 is 19.1 Å². The quantitative estimate of drug-likeness (QED) is 0.436. The second kappa shape index (κ2) is 5.54. The van der Waals surface area contributed by atoms with Crippen LogP contribution in [0.2, 0.25) is 0 Å². The Morgan fingerprint density at radius 2 is 2.09 bits per heavy atom. The van der Waals surface area contributed by atoms with E-state index in [0.29, 0.717) is 15.3 Å². The van der Waals surface area contributed by atoms with Crippen LogP contribution in [-0.2, 0) is 19.1 Å². The van der Waals surface area contributed by atoms with Crippen LogP contribution in [-0.4, -0.2) is 41.8 Å². The molecule has 10 heteroatoms. The number of imide groups is 1. The highest BCUT2D eigenvalue weighted by Crippen LogP contribution is 2.36. The number of amides is 2. The van der Waals surface area contributed by atoms with Crippen LogP contribution in [0.4, 0.5) is 5.69 Å². The Labute approximate surface area is 137 Å². The van der Waals surface area contributed by atoms with Crippen molar-refractivity contribution in [1.82, 2.24) is 5.12 Å². The number of hydrogen-bond acceptors (Lipinski definition) is 7. The molecule has 1 fully saturated rings. The van der Waals surface area contributed by atoms with E-state index in [9.17, 15) is 19.3 Å². The third-order valence-corrected chi connectivity index (χ3v) is 4.07. The summed E-state index contributed by atoms with van der Waals surface area (Å²) >= 11 is 3.26. The molecule has 0 spiro atoms. The Morgan fingerprint density at radius 1 is 1.35 bits per heavy atom. The second-order valence-corrected chi connectivity index (χ2v) is 5.71. The lowest BCUT2D eigenvalue weighted by Crippen LogP contribution is -2.36. The van der Waals surface area contributed by atoms with Crippen molar-refractivity contribution in [2.45, 2.75) is 6.04 Å². The van der Waals surface area contributed by atoms with Crippen LogP contribution in [0.3, 0.4) is 0 Å². The molecule has 118 valence electrons. The van der Waals surface area contributed by atoms with Gasteiger partial charge in [0.25, 0.3) is 5.91 Å². The summed E-state index contributed by atoms with van der Waals surface area (Å²) in [6, 6.07) is 5.25. The number of nitroso groups, excluding NO2 is 1. The summed E-state index contributed by atoms with van der Waals surface area (Å²) in [4.78, 5) is 48.7. The average Bonchev–Trinajstić information content (AvgIpc) is 3.04. The molecule has 0 unspecified atom stereocenters. The van der Waals surface area contributed by atoms with Gasteiger partial charge in [0.15, 0.2) is 11.8 Å². The zero-order valence-corrected chi connectivity index (χ0v) is 13.3. The molecule has 0 N–H and O–H groups in total. The number of rotatable bonds is 3. The Kier molecular flexibility index (Phi) is 3.68. The number of ether oxygens (including phenoxy) is 1. The molecular weight excluding hydrogens is 372 g/mol. The van der Waals surface area contributed by atoms with Gasteiger partial charge < -0.3 is 4.74 Å². The molecule has 1 saturated heterocycles. The van der Waals surface area contributed by atoms with Crippen LogP contribution >= 0.6 is 15.9 Å². The molecule has 1 aromatic rings. The van der Waals surface area contributed by atoms with Gasteiger partial charge in [0.05, 0.1) is 18.1 Å². The predicted molar refractivity (Wildman–Crippen MR) is 81.0 cm³/mol. The number of carbonyl (C=O) groups excluding carboxylic acids is 3. The van der Waals surface area contributed by atoms with E-state index in [4.69, 9.17) is 0 Å². The number of halogens is 1. The van der Waals surface area contributed by atoms with E-state index in [1.54, 1.807) is 24.3 Å². The SMILES string of the molecule is COC(=O)C1=NN(N=O)[C@@H]2C(=O)N(c3cccc(Br)c3)C(=O)[C@H]12. The van der Waals surface area contributed by atoms with E-state index in [2.05, 4.69) is 31.1 Å². The van der Waals surface area contributed by atoms with Crippen molar-refractivity contribution in [3.63, 3.8) is 0 Å². The lowest BCUT2D eigenvalue weighted by Gasteiger charge is -2.16. The number of hydrazone groups is 1. The Morgan fingerprint density at radius 3 is 2.70 bits per heavy atom. The molecule has 1 aromatic carbocycles. The smallest absolute Gasteiger partial charge is 0.355 e. The van der Waals surface area contributed by atoms with Gasteiger partial charge in [0, 0.05) is 4.47 Å². The lowest BCUT2D eigenvalue weighted by atomic mass is 9.98. The third kappa shape index (κ3) is 2.22. The van der Waals surface area contributed by atoms with Crippen molar-refractivity contribution in [1.29, 1.82) is 0 Å². The number of fused-ring (bicyclic) bond motifs is 1. The minimum Gasteiger partial charge on any atom is -0.464 e. The Hall–Kier alpha value is -2.62. The van der Waals surface area contributed by atoms with Crippen molar-refractivity contribution >= 4 is 45.1 Å². The average molecular weight is 381 g/mol. The molecule has 0 radical (unpaired) electrons. The van der Waals surface area contributed by atoms with Crippen LogP contribution < -0.4 is 4.90 Å². The molecule has 9 nitrogen and oxygen atoms in total. The van der Waals surface area contributed by atoms with E-state index in [-0.39, 0.29) is 5.71 Å². The molecule has 2 heterocycles. The first-order chi connectivity index (χ1) is 11.0. The molecule has 0 aliphatic carbocycles. The van der Waals surface area contributed by atoms with Crippen LogP contribution in [0.15, 0.2) is 39.1 Å². The number of anilines is 1. The summed E-state index contributed by atoms with van der Waals surface area (Å²) in [6.45, 7) is 0. The molecule has 0 saturated carbocycles. The molecule has 0 aromatic heterocycles. The highest BCUT2D eigenvalue weighted by Gasteiger charge is 2.59. The minimum absolute atomic E-state index is 0.312. The lowest BCUT2D eigenvalue weighted by molar-refractivity contribution is -0.133. The second-order valence-electron chi connectivity index (χ2n) is 4.79. The summed E-state index contributed by atoms with van der Waals surface area (Å²) in [6.07, 6.45) is 0. The van der Waals surface area contributed by atoms with E-state index in [1.165, 1.54) is 0 Å². The molecule has 2 amide bonds. The van der Waals surface area contributed by atoms with Gasteiger partial charge in [-0.1, -0.05) is 22.0 Å². The van der Waals surface area contributed by atoms with E-state index in [0.717, 1.165) is 12.0 Å². The van der Waals surface area contributed by atoms with Crippen molar-refractivity contribution in [2.75, 3.05) is 12.0 Å². The van der Waals surface area contributed by atoms with Gasteiger partial charge in [-0.25, -0.2) is 9.69 Å². The standard InChI is InChI=1S/C13H9BrN4O5/c1-23-13(21)9-8-10(18(15-9)16-22)12(20)17(11(8)19)7-4-2-3-6(14)5-7/h2-5,8,10H,1H3/t8-,10+/m1/s1. The maximum Gasteiger partial charge on any atom is 0.355 e. The largest absolute Gasteiger partial charge is 0.464 e. The van der Waals surface area contributed by atoms with Crippen molar-refractivity contribution in [2.24, 2.45) is 16.3 Å². The number of hydrogen-bond donors (Lipinski definition) is 0. The van der Waals surface area contributed by atoms with Crippen LogP contribution in [0.25, 0.3) is 0 Å². The van der Waals surface area contributed by atoms with Crippen molar-refractivity contribution in [3.8, 4) is 0 Å². The van der Waals surface area contributed by atoms with E-state index < -0.39 is 29.7 Å². The van der Waals surface area contributed by atoms with Gasteiger partial charge in [-0.2, -0.15) is 0 Å². The van der Waals surface area contributed by atoms with Crippen LogP contribution in [0.1, 0.15) is 0 Å². The van der Waals surface area contributed by atoms with Gasteiger partial charge in [-0.05, 0) is 18.2 Å². The molecule has 3 rings (SSSR count). The van der Waals surface area contributed by atoms with Crippen molar-refractivity contribution in [3.05, 3.63) is 33.6 Å². The molecule has 2 aliphatic heterocycles. The first-order valence-electron chi connectivity index (χ1n) is 6.42. The number of methoxy groups -OCH3 is 1. The maximum atomic E-state index is 12.6. The minimum atomic E-state index is -1.27. The monoisotopic (exact) mass is 380 g/mol. The molecule has 0 bridgehead atoms. The first kappa shape index (κ1) is 15.3. The maximum absolute atomic E-state index is 12.6. The number of nitrogens with zero attached hydrogens (tertiary/aromatic N) is 4. The van der Waals surface area contributed by atoms with Gasteiger partial charge in [-0.15, -0.1) is 15.1 Å². The summed E-state index contributed by atoms with van der Waals surface area (Å²) in [5.41, 5.74) is 0.00628. The molecule has 2 aliphatic rings.